The maximum Gasteiger partial charge on any atom is 0.262 e. The third kappa shape index (κ3) is 8.04. The van der Waals surface area contributed by atoms with Crippen molar-refractivity contribution in [1.82, 2.24) is 10.3 Å². The first kappa shape index (κ1) is 30.6. The molecule has 1 fully saturated rings. The van der Waals surface area contributed by atoms with Crippen LogP contribution in [0.25, 0.3) is 0 Å². The molecule has 1 aliphatic heterocycles. The third-order valence-electron chi connectivity index (χ3n) is 6.84. The minimum absolute atomic E-state index is 0.337. The molecule has 0 amide bonds. The Hall–Kier alpha value is -1.93. The Balaban J connectivity index is 1.82. The zero-order valence-electron chi connectivity index (χ0n) is 22.5. The zero-order chi connectivity index (χ0) is 28.1. The van der Waals surface area contributed by atoms with Gasteiger partial charge in [-0.3, -0.25) is 4.90 Å². The molecule has 0 bridgehead atoms. The summed E-state index contributed by atoms with van der Waals surface area (Å²) in [4.78, 5) is 1.69. The van der Waals surface area contributed by atoms with Crippen LogP contribution in [-0.2, 0) is 18.4 Å². The van der Waals surface area contributed by atoms with Crippen molar-refractivity contribution in [3.63, 3.8) is 0 Å². The number of nitrogens with one attached hydrogen (secondary N) is 1. The predicted octanol–water partition coefficient (Wildman–Crippen LogP) is 5.85. The van der Waals surface area contributed by atoms with Crippen LogP contribution in [0.3, 0.4) is 0 Å². The molecule has 1 aliphatic rings. The molecule has 38 heavy (non-hydrogen) atoms. The lowest BCUT2D eigenvalue weighted by Gasteiger charge is -2.38. The van der Waals surface area contributed by atoms with Crippen LogP contribution in [0.4, 0.5) is 8.78 Å². The van der Waals surface area contributed by atoms with E-state index in [-0.39, 0.29) is 13.0 Å². The molecular weight excluding hydrogens is 530 g/mol. The largest absolute Gasteiger partial charge is 0.491 e. The van der Waals surface area contributed by atoms with Gasteiger partial charge in [-0.15, -0.1) is 17.0 Å². The summed E-state index contributed by atoms with van der Waals surface area (Å²) in [5, 5.41) is 19.7. The lowest BCUT2D eigenvalue weighted by molar-refractivity contribution is -1.01. The number of halogens is 3. The summed E-state index contributed by atoms with van der Waals surface area (Å²) in [6, 6.07) is 13.6. The Bertz CT molecular complexity index is 1130. The van der Waals surface area contributed by atoms with Crippen LogP contribution in [-0.4, -0.2) is 58.9 Å². The van der Waals surface area contributed by atoms with E-state index < -0.39 is 21.5 Å². The normalized spacial score (nSPS) is 19.5. The smallest absolute Gasteiger partial charge is 0.262 e. The van der Waals surface area contributed by atoms with Gasteiger partial charge >= 0.3 is 0 Å². The number of piperidine rings is 1. The van der Waals surface area contributed by atoms with Crippen molar-refractivity contribution in [3.05, 3.63) is 64.2 Å². The molecule has 1 saturated heterocycles. The SMILES string of the molecule is CCCc1cc(C(C)(C)c2ccc(CN3CC(N[N+](C)(O)S)CC(F)(F)C3)cc2)cc(C#N)c1OCCCl. The number of rotatable bonds is 11. The molecule has 2 atom stereocenters. The molecule has 1 heterocycles. The molecule has 2 aromatic rings. The van der Waals surface area contributed by atoms with Gasteiger partial charge in [-0.25, -0.2) is 8.78 Å². The van der Waals surface area contributed by atoms with Gasteiger partial charge in [-0.1, -0.05) is 61.7 Å². The number of hydrogen-bond acceptors (Lipinski definition) is 6. The predicted molar refractivity (Wildman–Crippen MR) is 149 cm³/mol. The molecule has 10 heteroatoms. The number of nitriles is 1. The Morgan fingerprint density at radius 1 is 1.29 bits per heavy atom. The summed E-state index contributed by atoms with van der Waals surface area (Å²) in [5.41, 5.74) is 6.77. The van der Waals surface area contributed by atoms with Gasteiger partial charge in [0.15, 0.2) is 0 Å². The third-order valence-corrected chi connectivity index (χ3v) is 7.11. The monoisotopic (exact) mass is 567 g/mol. The van der Waals surface area contributed by atoms with Gasteiger partial charge in [-0.05, 0) is 34.7 Å². The fourth-order valence-corrected chi connectivity index (χ4v) is 5.34. The molecule has 0 spiro atoms. The van der Waals surface area contributed by atoms with E-state index >= 15 is 0 Å². The lowest BCUT2D eigenvalue weighted by Crippen LogP contribution is -2.59. The van der Waals surface area contributed by atoms with E-state index in [2.05, 4.69) is 51.1 Å². The molecule has 3 rings (SSSR count). The van der Waals surface area contributed by atoms with Gasteiger partial charge in [-0.2, -0.15) is 10.5 Å². The first-order valence-electron chi connectivity index (χ1n) is 12.8. The molecule has 6 nitrogen and oxygen atoms in total. The fraction of sp³-hybridized carbons (Fsp3) is 0.536. The van der Waals surface area contributed by atoms with Crippen molar-refractivity contribution < 1.29 is 22.9 Å². The highest BCUT2D eigenvalue weighted by Gasteiger charge is 2.42. The van der Waals surface area contributed by atoms with Crippen LogP contribution in [0.5, 0.6) is 5.75 Å². The highest BCUT2D eigenvalue weighted by atomic mass is 35.5. The number of hydrogen-bond donors (Lipinski definition) is 3. The number of aryl methyl sites for hydroxylation is 1. The number of thiol groups is 1. The van der Waals surface area contributed by atoms with Crippen LogP contribution in [0.2, 0.25) is 0 Å². The average molecular weight is 568 g/mol. The number of hydroxylamine groups is 1. The molecule has 2 unspecified atom stereocenters. The summed E-state index contributed by atoms with van der Waals surface area (Å²) in [6.07, 6.45) is 1.34. The molecule has 2 aromatic carbocycles. The van der Waals surface area contributed by atoms with Crippen molar-refractivity contribution >= 4 is 24.4 Å². The second kappa shape index (κ2) is 12.5. The van der Waals surface area contributed by atoms with Crippen molar-refractivity contribution in [3.8, 4) is 11.8 Å². The van der Waals surface area contributed by atoms with Crippen LogP contribution in [0.15, 0.2) is 36.4 Å². The number of likely N-dealkylation sites (tertiary alicyclic amines) is 1. The number of ether oxygens (including phenoxy) is 1. The van der Waals surface area contributed by atoms with E-state index in [4.69, 9.17) is 16.3 Å². The molecule has 0 aromatic heterocycles. The maximum absolute atomic E-state index is 14.4. The Morgan fingerprint density at radius 3 is 2.55 bits per heavy atom. The Labute approximate surface area is 235 Å². The van der Waals surface area contributed by atoms with E-state index in [1.165, 1.54) is 7.05 Å². The van der Waals surface area contributed by atoms with Crippen LogP contribution >= 0.6 is 24.4 Å². The fourth-order valence-electron chi connectivity index (χ4n) is 5.10. The van der Waals surface area contributed by atoms with Crippen LogP contribution in [0, 0.1) is 11.3 Å². The lowest BCUT2D eigenvalue weighted by atomic mass is 9.76. The molecule has 0 saturated carbocycles. The minimum Gasteiger partial charge on any atom is -0.491 e. The highest BCUT2D eigenvalue weighted by molar-refractivity contribution is 7.74. The summed E-state index contributed by atoms with van der Waals surface area (Å²) in [7, 11) is 1.37. The van der Waals surface area contributed by atoms with Crippen LogP contribution in [0.1, 0.15) is 61.4 Å². The van der Waals surface area contributed by atoms with E-state index in [0.29, 0.717) is 36.9 Å². The number of alkyl halides is 3. The van der Waals surface area contributed by atoms with Gasteiger partial charge < -0.3 is 4.74 Å². The van der Waals surface area contributed by atoms with E-state index in [9.17, 15) is 19.2 Å². The number of benzene rings is 2. The molecule has 2 N–H and O–H groups in total. The topological polar surface area (TPSA) is 68.5 Å². The van der Waals surface area contributed by atoms with Crippen molar-refractivity contribution in [2.75, 3.05) is 32.6 Å². The first-order valence-corrected chi connectivity index (χ1v) is 13.8. The molecular formula is C28H38ClF2N4O2S+. The molecule has 208 valence electrons. The minimum atomic E-state index is -2.87. The summed E-state index contributed by atoms with van der Waals surface area (Å²) in [6.45, 7) is 7.03. The van der Waals surface area contributed by atoms with E-state index in [1.807, 2.05) is 30.3 Å². The maximum atomic E-state index is 14.4. The van der Waals surface area contributed by atoms with Gasteiger partial charge in [0.05, 0.1) is 24.0 Å². The zero-order valence-corrected chi connectivity index (χ0v) is 24.1. The van der Waals surface area contributed by atoms with E-state index in [0.717, 1.165) is 35.1 Å². The van der Waals surface area contributed by atoms with Crippen molar-refractivity contribution in [2.24, 2.45) is 0 Å². The van der Waals surface area contributed by atoms with Gasteiger partial charge in [0.1, 0.15) is 38.3 Å². The average Bonchev–Trinajstić information content (AvgIpc) is 2.81. The molecule has 0 radical (unpaired) electrons. The van der Waals surface area contributed by atoms with Gasteiger partial charge in [0, 0.05) is 24.9 Å². The van der Waals surface area contributed by atoms with Crippen LogP contribution < -0.4 is 10.2 Å². The summed E-state index contributed by atoms with van der Waals surface area (Å²) >= 11 is 9.77. The van der Waals surface area contributed by atoms with Gasteiger partial charge in [0.2, 0.25) is 0 Å². The van der Waals surface area contributed by atoms with Gasteiger partial charge in [0.25, 0.3) is 5.92 Å². The number of quaternary nitrogens is 1. The second-order valence-corrected chi connectivity index (χ2v) is 11.9. The number of nitrogens with zero attached hydrogens (tertiary/aromatic N) is 3. The standard InChI is InChI=1S/C28H38ClF2N4O2S/c1-5-6-21-13-24(14-22(16-32)26(21)37-12-11-29)27(2,3)23-9-7-20(8-10-23)17-34-18-25(33-35(4,36)38)15-28(30,31)19-34/h7-10,13-14,25,33,36,38H,5-6,11-12,15,17-19H2,1-4H3/q+1. The van der Waals surface area contributed by atoms with Crippen molar-refractivity contribution in [1.29, 1.82) is 5.26 Å². The highest BCUT2D eigenvalue weighted by Crippen LogP contribution is 2.37. The summed E-state index contributed by atoms with van der Waals surface area (Å²) in [5.74, 6) is -1.92. The first-order chi connectivity index (χ1) is 17.8. The van der Waals surface area contributed by atoms with E-state index in [1.54, 1.807) is 4.90 Å². The molecule has 0 aliphatic carbocycles. The summed E-state index contributed by atoms with van der Waals surface area (Å²) < 4.78 is 33.8. The Kier molecular flexibility index (Phi) is 10.1. The quantitative estimate of drug-likeness (QED) is 0.138. The Morgan fingerprint density at radius 2 is 1.97 bits per heavy atom. The van der Waals surface area contributed by atoms with Crippen molar-refractivity contribution in [2.45, 2.75) is 64.0 Å². The second-order valence-electron chi connectivity index (χ2n) is 10.7.